The van der Waals surface area contributed by atoms with E-state index in [1.54, 1.807) is 7.11 Å². The first-order valence-corrected chi connectivity index (χ1v) is 5.81. The molecular formula is C11H22N4O. The standard InChI is InChI=1S/C11H22N4O/c1-10-13-11(2)15(14-10)8-5-4-6-12-7-9-16-3/h12H,4-9H2,1-3H3. The Kier molecular flexibility index (Phi) is 6.03. The lowest BCUT2D eigenvalue weighted by Gasteiger charge is -2.04. The second-order valence-electron chi connectivity index (χ2n) is 3.88. The zero-order chi connectivity index (χ0) is 11.8. The molecule has 0 aliphatic rings. The number of hydrogen-bond donors (Lipinski definition) is 1. The van der Waals surface area contributed by atoms with Gasteiger partial charge in [-0.1, -0.05) is 0 Å². The van der Waals surface area contributed by atoms with Crippen LogP contribution in [-0.2, 0) is 11.3 Å². The van der Waals surface area contributed by atoms with Crippen molar-refractivity contribution in [2.45, 2.75) is 33.2 Å². The average Bonchev–Trinajstić information content (AvgIpc) is 2.56. The van der Waals surface area contributed by atoms with Gasteiger partial charge in [-0.05, 0) is 33.2 Å². The third kappa shape index (κ3) is 4.72. The van der Waals surface area contributed by atoms with Gasteiger partial charge in [0.2, 0.25) is 0 Å². The number of aromatic nitrogens is 3. The highest BCUT2D eigenvalue weighted by atomic mass is 16.5. The van der Waals surface area contributed by atoms with Crippen LogP contribution in [0.2, 0.25) is 0 Å². The Morgan fingerprint density at radius 3 is 2.69 bits per heavy atom. The van der Waals surface area contributed by atoms with Crippen LogP contribution in [-0.4, -0.2) is 41.6 Å². The van der Waals surface area contributed by atoms with E-state index in [9.17, 15) is 0 Å². The van der Waals surface area contributed by atoms with Gasteiger partial charge in [-0.2, -0.15) is 5.10 Å². The fraction of sp³-hybridized carbons (Fsp3) is 0.818. The average molecular weight is 226 g/mol. The molecule has 5 heteroatoms. The molecule has 0 atom stereocenters. The van der Waals surface area contributed by atoms with Crippen molar-refractivity contribution < 1.29 is 4.74 Å². The minimum atomic E-state index is 0.779. The van der Waals surface area contributed by atoms with E-state index in [1.165, 1.54) is 0 Å². The molecule has 1 N–H and O–H groups in total. The van der Waals surface area contributed by atoms with Gasteiger partial charge in [0.1, 0.15) is 11.6 Å². The minimum absolute atomic E-state index is 0.779. The fourth-order valence-electron chi connectivity index (χ4n) is 1.58. The second kappa shape index (κ2) is 7.35. The van der Waals surface area contributed by atoms with Crippen LogP contribution >= 0.6 is 0 Å². The van der Waals surface area contributed by atoms with E-state index < -0.39 is 0 Å². The van der Waals surface area contributed by atoms with Crippen molar-refractivity contribution in [1.29, 1.82) is 0 Å². The quantitative estimate of drug-likeness (QED) is 0.669. The highest BCUT2D eigenvalue weighted by Crippen LogP contribution is 1.99. The molecule has 1 aromatic rings. The highest BCUT2D eigenvalue weighted by Gasteiger charge is 2.00. The first-order valence-electron chi connectivity index (χ1n) is 5.81. The third-order valence-corrected chi connectivity index (χ3v) is 2.42. The maximum absolute atomic E-state index is 4.95. The topological polar surface area (TPSA) is 52.0 Å². The number of rotatable bonds is 8. The number of nitrogens with one attached hydrogen (secondary N) is 1. The van der Waals surface area contributed by atoms with Crippen molar-refractivity contribution in [1.82, 2.24) is 20.1 Å². The molecular weight excluding hydrogens is 204 g/mol. The van der Waals surface area contributed by atoms with Crippen molar-refractivity contribution in [3.63, 3.8) is 0 Å². The molecule has 0 bridgehead atoms. The monoisotopic (exact) mass is 226 g/mol. The summed E-state index contributed by atoms with van der Waals surface area (Å²) >= 11 is 0. The molecule has 0 fully saturated rings. The predicted octanol–water partition coefficient (Wildman–Crippen LogP) is 0.911. The van der Waals surface area contributed by atoms with Gasteiger partial charge in [0.15, 0.2) is 0 Å². The van der Waals surface area contributed by atoms with E-state index in [-0.39, 0.29) is 0 Å². The maximum Gasteiger partial charge on any atom is 0.147 e. The Morgan fingerprint density at radius 1 is 1.25 bits per heavy atom. The first-order chi connectivity index (χ1) is 7.74. The SMILES string of the molecule is COCCNCCCCn1nc(C)nc1C. The lowest BCUT2D eigenvalue weighted by atomic mass is 10.3. The van der Waals surface area contributed by atoms with Crippen molar-refractivity contribution in [3.8, 4) is 0 Å². The van der Waals surface area contributed by atoms with E-state index in [1.807, 2.05) is 18.5 Å². The Balaban J connectivity index is 2.05. The zero-order valence-electron chi connectivity index (χ0n) is 10.5. The summed E-state index contributed by atoms with van der Waals surface area (Å²) < 4.78 is 6.93. The molecule has 0 aliphatic carbocycles. The highest BCUT2D eigenvalue weighted by molar-refractivity contribution is 4.87. The summed E-state index contributed by atoms with van der Waals surface area (Å²) in [6.07, 6.45) is 2.28. The Hall–Kier alpha value is -0.940. The summed E-state index contributed by atoms with van der Waals surface area (Å²) in [4.78, 5) is 4.27. The molecule has 0 radical (unpaired) electrons. The number of aryl methyl sites for hydroxylation is 3. The van der Waals surface area contributed by atoms with Crippen LogP contribution in [0.5, 0.6) is 0 Å². The van der Waals surface area contributed by atoms with Crippen LogP contribution in [0.3, 0.4) is 0 Å². The first kappa shape index (κ1) is 13.1. The minimum Gasteiger partial charge on any atom is -0.383 e. The summed E-state index contributed by atoms with van der Waals surface area (Å²) in [7, 11) is 1.72. The number of unbranched alkanes of at least 4 members (excludes halogenated alkanes) is 1. The summed E-state index contributed by atoms with van der Waals surface area (Å²) in [5.41, 5.74) is 0. The van der Waals surface area contributed by atoms with E-state index in [4.69, 9.17) is 4.74 Å². The van der Waals surface area contributed by atoms with Crippen LogP contribution in [0.1, 0.15) is 24.5 Å². The molecule has 0 unspecified atom stereocenters. The van der Waals surface area contributed by atoms with Crippen LogP contribution < -0.4 is 5.32 Å². The van der Waals surface area contributed by atoms with Crippen LogP contribution in [0, 0.1) is 13.8 Å². The van der Waals surface area contributed by atoms with Crippen molar-refractivity contribution in [2.75, 3.05) is 26.8 Å². The van der Waals surface area contributed by atoms with Gasteiger partial charge in [-0.3, -0.25) is 4.68 Å². The van der Waals surface area contributed by atoms with Crippen molar-refractivity contribution >= 4 is 0 Å². The van der Waals surface area contributed by atoms with Crippen LogP contribution in [0.25, 0.3) is 0 Å². The van der Waals surface area contributed by atoms with E-state index in [2.05, 4.69) is 15.4 Å². The maximum atomic E-state index is 4.95. The number of methoxy groups -OCH3 is 1. The summed E-state index contributed by atoms with van der Waals surface area (Å²) in [6.45, 7) is 7.63. The lowest BCUT2D eigenvalue weighted by Crippen LogP contribution is -2.20. The zero-order valence-corrected chi connectivity index (χ0v) is 10.5. The molecule has 0 aromatic carbocycles. The van der Waals surface area contributed by atoms with Gasteiger partial charge < -0.3 is 10.1 Å². The van der Waals surface area contributed by atoms with Crippen molar-refractivity contribution in [2.24, 2.45) is 0 Å². The molecule has 5 nitrogen and oxygen atoms in total. The molecule has 1 aromatic heterocycles. The van der Waals surface area contributed by atoms with Gasteiger partial charge in [-0.15, -0.1) is 0 Å². The van der Waals surface area contributed by atoms with E-state index in [0.29, 0.717) is 0 Å². The lowest BCUT2D eigenvalue weighted by molar-refractivity contribution is 0.199. The Morgan fingerprint density at radius 2 is 2.06 bits per heavy atom. The predicted molar refractivity (Wildman–Crippen MR) is 63.5 cm³/mol. The van der Waals surface area contributed by atoms with Gasteiger partial charge in [-0.25, -0.2) is 4.98 Å². The van der Waals surface area contributed by atoms with Gasteiger partial charge in [0.05, 0.1) is 6.61 Å². The van der Waals surface area contributed by atoms with Gasteiger partial charge in [0.25, 0.3) is 0 Å². The molecule has 0 aliphatic heterocycles. The molecule has 0 saturated carbocycles. The molecule has 16 heavy (non-hydrogen) atoms. The Labute approximate surface area is 97.2 Å². The molecule has 1 rings (SSSR count). The van der Waals surface area contributed by atoms with Gasteiger partial charge in [0, 0.05) is 20.2 Å². The molecule has 92 valence electrons. The molecule has 0 amide bonds. The molecule has 1 heterocycles. The number of ether oxygens (including phenoxy) is 1. The smallest absolute Gasteiger partial charge is 0.147 e. The Bertz CT molecular complexity index is 298. The third-order valence-electron chi connectivity index (χ3n) is 2.42. The molecule has 0 spiro atoms. The van der Waals surface area contributed by atoms with Crippen LogP contribution in [0.4, 0.5) is 0 Å². The van der Waals surface area contributed by atoms with E-state index in [0.717, 1.165) is 50.7 Å². The largest absolute Gasteiger partial charge is 0.383 e. The summed E-state index contributed by atoms with van der Waals surface area (Å²) in [5.74, 6) is 1.86. The second-order valence-corrected chi connectivity index (χ2v) is 3.88. The number of nitrogens with zero attached hydrogens (tertiary/aromatic N) is 3. The fourth-order valence-corrected chi connectivity index (χ4v) is 1.58. The summed E-state index contributed by atoms with van der Waals surface area (Å²) in [6, 6.07) is 0. The normalized spacial score (nSPS) is 10.9. The number of hydrogen-bond acceptors (Lipinski definition) is 4. The summed E-state index contributed by atoms with van der Waals surface area (Å²) in [5, 5.41) is 7.64. The molecule has 0 saturated heterocycles. The van der Waals surface area contributed by atoms with Crippen LogP contribution in [0.15, 0.2) is 0 Å². The van der Waals surface area contributed by atoms with Gasteiger partial charge >= 0.3 is 0 Å². The van der Waals surface area contributed by atoms with Crippen molar-refractivity contribution in [3.05, 3.63) is 11.6 Å². The van der Waals surface area contributed by atoms with E-state index >= 15 is 0 Å².